The Labute approximate surface area is 878 Å². The second-order valence-corrected chi connectivity index (χ2v) is 52.1. The maximum Gasteiger partial charge on any atom is 0.217 e. The van der Waals surface area contributed by atoms with Gasteiger partial charge in [0.1, 0.15) is 17.3 Å². The van der Waals surface area contributed by atoms with Crippen molar-refractivity contribution in [3.63, 3.8) is 0 Å². The highest BCUT2D eigenvalue weighted by molar-refractivity contribution is 7.99. The average Bonchev–Trinajstić information content (AvgIpc) is 1.77. The Balaban J connectivity index is 0.000000139. The number of piperidine rings is 6. The zero-order valence-electron chi connectivity index (χ0n) is 90.1. The molecular weight excluding hydrogens is 1820 g/mol. The van der Waals surface area contributed by atoms with Gasteiger partial charge in [-0.05, 0) is 415 Å². The number of ether oxygens (including phenoxy) is 1. The lowest BCUT2D eigenvalue weighted by Gasteiger charge is -2.39. The van der Waals surface area contributed by atoms with Crippen LogP contribution in [0.3, 0.4) is 0 Å². The van der Waals surface area contributed by atoms with Crippen molar-refractivity contribution in [2.45, 2.75) is 314 Å². The molecule has 8 aliphatic heterocycles. The number of rotatable bonds is 20. The number of nitrogens with zero attached hydrogens (tertiary/aromatic N) is 7. The highest BCUT2D eigenvalue weighted by atomic mass is 32.2. The second kappa shape index (κ2) is 58.3. The van der Waals surface area contributed by atoms with Crippen LogP contribution >= 0.6 is 0 Å². The predicted octanol–water partition coefficient (Wildman–Crippen LogP) is 30.7. The SMILES string of the molecule is CC(C)(C(=O)c1ccc(C2CCCCC2)cc1)[S+]1CCCC1.CC(C)c1ccc([S+](c2ccc(C(C)C)cc2)c2ccc(C(C)(C)C)cc2)cc1.CN1CCC(N2CCCCC2)CC1.CN1CCC(N2CCCCC2)CC1.CN1CCC(N2CCCCC2)CC1.COc1ccc(C2=NC=CC2)cc1.Cc1ccc([S+](c2ccccc2)c2ccccc2)cc1.Cc1ccc([S+](c2ccccc2)c2ccccc2)cc1. The van der Waals surface area contributed by atoms with Gasteiger partial charge >= 0.3 is 0 Å². The number of hydrogen-bond donors (Lipinski definition) is 0. The van der Waals surface area contributed by atoms with Gasteiger partial charge < -0.3 is 34.1 Å². The smallest absolute Gasteiger partial charge is 0.217 e. The van der Waals surface area contributed by atoms with Gasteiger partial charge in [0.2, 0.25) is 5.78 Å². The first-order valence-corrected chi connectivity index (χ1v) is 60.0. The molecule has 0 bridgehead atoms. The number of carbonyl (C=O) groups is 1. The number of allylic oxidation sites excluding steroid dienone is 1. The topological polar surface area (TPSA) is 58.1 Å². The van der Waals surface area contributed by atoms with Crippen LogP contribution in [0.25, 0.3) is 0 Å². The number of carbonyl (C=O) groups excluding carboxylic acids is 1. The van der Waals surface area contributed by atoms with E-state index < -0.39 is 0 Å². The van der Waals surface area contributed by atoms with Gasteiger partial charge in [-0.2, -0.15) is 0 Å². The molecule has 0 N–H and O–H groups in total. The number of benzene rings is 11. The number of aliphatic imine (C=N–C) groups is 1. The largest absolute Gasteiger partial charge is 0.497 e. The fraction of sp³-hybridized carbons (Fsp3) is 0.462. The van der Waals surface area contributed by atoms with Crippen LogP contribution in [0.4, 0.5) is 0 Å². The number of Topliss-reactive ketones (excluding diaryl/α,β-unsaturated/α-hetero) is 1. The van der Waals surface area contributed by atoms with Crippen LogP contribution in [0.15, 0.2) is 353 Å². The van der Waals surface area contributed by atoms with Crippen molar-refractivity contribution in [1.29, 1.82) is 0 Å². The standard InChI is InChI=1S/C28H35S.C20H29OS.2C19H17S.3C11H22N2.C11H11NO/c1-20(2)22-8-14-25(15-9-22)29(26-16-10-23(11-17-26)21(3)4)27-18-12-24(13-19-27)28(5,6)7;1-20(2,22-14-6-7-15-22)19(21)18-12-10-17(11-13-18)16-8-4-3-5-9-16;2*1-16-12-14-19(15-13-16)20(17-8-4-2-5-9-17)18-10-6-3-7-11-18;3*1-12-9-5-11(6-10-12)13-7-3-2-4-8-13;1-13-10-6-4-9(5-7-10)11-3-2-8-12-11/h8-21H,1-7H3;10-13,16H,3-9,14-15H2,1-2H3;2*2-15H,1H3;3*11H,2-10H2,1H3;2,4-8H,3H2,1H3/q4*+1;;;;. The number of methoxy groups -OCH3 is 1. The van der Waals surface area contributed by atoms with Gasteiger partial charge in [-0.3, -0.25) is 9.79 Å². The molecule has 7 saturated heterocycles. The average molecular weight is 2000 g/mol. The van der Waals surface area contributed by atoms with E-state index in [0.717, 1.165) is 47.5 Å². The fourth-order valence-electron chi connectivity index (χ4n) is 21.1. The molecule has 9 nitrogen and oxygen atoms in total. The molecule has 20 rings (SSSR count). The summed E-state index contributed by atoms with van der Waals surface area (Å²) in [5, 5.41) is 0. The van der Waals surface area contributed by atoms with E-state index in [4.69, 9.17) is 4.74 Å². The minimum atomic E-state index is -0.178. The van der Waals surface area contributed by atoms with Gasteiger partial charge in [0.25, 0.3) is 0 Å². The van der Waals surface area contributed by atoms with Crippen LogP contribution in [0.2, 0.25) is 0 Å². The van der Waals surface area contributed by atoms with Gasteiger partial charge in [-0.15, -0.1) is 0 Å². The monoisotopic (exact) mass is 1990 g/mol. The van der Waals surface area contributed by atoms with Crippen molar-refractivity contribution < 1.29 is 9.53 Å². The molecule has 11 aromatic rings. The van der Waals surface area contributed by atoms with Crippen molar-refractivity contribution in [2.75, 3.05) is 118 Å². The summed E-state index contributed by atoms with van der Waals surface area (Å²) in [6, 6.07) is 108. The van der Waals surface area contributed by atoms with E-state index in [-0.39, 0.29) is 53.7 Å². The molecule has 1 saturated carbocycles. The van der Waals surface area contributed by atoms with Crippen LogP contribution < -0.4 is 4.74 Å². The minimum absolute atomic E-state index is 0.0229. The molecule has 9 aliphatic rings. The predicted molar refractivity (Wildman–Crippen MR) is 619 cm³/mol. The zero-order valence-corrected chi connectivity index (χ0v) is 93.3. The van der Waals surface area contributed by atoms with Crippen LogP contribution in [0.1, 0.15) is 277 Å². The third kappa shape index (κ3) is 34.8. The highest BCUT2D eigenvalue weighted by Crippen LogP contribution is 2.40. The van der Waals surface area contributed by atoms with Crippen molar-refractivity contribution in [3.8, 4) is 5.75 Å². The van der Waals surface area contributed by atoms with Gasteiger partial charge in [-0.25, -0.2) is 0 Å². The van der Waals surface area contributed by atoms with Gasteiger partial charge in [0.15, 0.2) is 48.8 Å². The first kappa shape index (κ1) is 112. The summed E-state index contributed by atoms with van der Waals surface area (Å²) in [6.07, 6.45) is 35.6. The summed E-state index contributed by atoms with van der Waals surface area (Å²) in [4.78, 5) is 45.1. The lowest BCUT2D eigenvalue weighted by molar-refractivity contribution is 0.0956. The molecule has 11 aromatic carbocycles. The van der Waals surface area contributed by atoms with E-state index in [1.54, 1.807) is 7.11 Å². The van der Waals surface area contributed by atoms with Crippen LogP contribution in [0, 0.1) is 13.8 Å². The van der Waals surface area contributed by atoms with E-state index in [1.165, 1.54) is 314 Å². The Morgan fingerprint density at radius 1 is 0.350 bits per heavy atom. The molecule has 0 unspecified atom stereocenters. The number of hydrogen-bond acceptors (Lipinski definition) is 9. The number of aryl methyl sites for hydroxylation is 2. The van der Waals surface area contributed by atoms with Crippen LogP contribution in [-0.4, -0.2) is 182 Å². The van der Waals surface area contributed by atoms with Gasteiger partial charge in [0, 0.05) is 47.2 Å². The molecule has 762 valence electrons. The molecule has 0 atom stereocenters. The summed E-state index contributed by atoms with van der Waals surface area (Å²) >= 11 is 0. The molecule has 143 heavy (non-hydrogen) atoms. The molecule has 0 spiro atoms. The van der Waals surface area contributed by atoms with Crippen molar-refractivity contribution in [2.24, 2.45) is 4.99 Å². The first-order valence-electron chi connectivity index (χ1n) is 54.8. The summed E-state index contributed by atoms with van der Waals surface area (Å²) in [6.45, 7) is 40.5. The fourth-order valence-corrected chi connectivity index (χ4v) is 30.0. The van der Waals surface area contributed by atoms with E-state index in [9.17, 15) is 4.79 Å². The van der Waals surface area contributed by atoms with E-state index in [2.05, 4.69) is 405 Å². The van der Waals surface area contributed by atoms with Gasteiger partial charge in [-0.1, -0.05) is 262 Å². The summed E-state index contributed by atoms with van der Waals surface area (Å²) < 4.78 is 4.90. The molecule has 8 fully saturated rings. The number of likely N-dealkylation sites (tertiary alicyclic amines) is 6. The highest BCUT2D eigenvalue weighted by Gasteiger charge is 2.47. The summed E-state index contributed by atoms with van der Waals surface area (Å²) in [7, 11) is 8.53. The molecule has 1 aliphatic carbocycles. The maximum atomic E-state index is 12.9. The van der Waals surface area contributed by atoms with Crippen molar-refractivity contribution >= 4 is 55.1 Å². The first-order chi connectivity index (χ1) is 69.4. The molecule has 0 radical (unpaired) electrons. The van der Waals surface area contributed by atoms with E-state index >= 15 is 0 Å². The Morgan fingerprint density at radius 3 is 0.958 bits per heavy atom. The minimum Gasteiger partial charge on any atom is -0.497 e. The quantitative estimate of drug-likeness (QED) is 0.0553. The Morgan fingerprint density at radius 2 is 0.657 bits per heavy atom. The van der Waals surface area contributed by atoms with Crippen molar-refractivity contribution in [3.05, 3.63) is 348 Å². The Hall–Kier alpha value is -8.54. The van der Waals surface area contributed by atoms with Crippen LogP contribution in [0.5, 0.6) is 5.75 Å². The molecule has 13 heteroatoms. The van der Waals surface area contributed by atoms with E-state index in [1.807, 2.05) is 30.5 Å². The zero-order chi connectivity index (χ0) is 101. The normalized spacial score (nSPS) is 18.0. The Kier molecular flexibility index (Phi) is 45.5. The second-order valence-electron chi connectivity index (χ2n) is 43.2. The third-order valence-corrected chi connectivity index (χ3v) is 40.2. The lowest BCUT2D eigenvalue weighted by Crippen LogP contribution is -2.45. The molecular formula is C130H175N7O2S4+4. The molecule has 8 heterocycles. The van der Waals surface area contributed by atoms with E-state index in [0.29, 0.717) is 17.6 Å². The third-order valence-electron chi connectivity index (χ3n) is 30.4. The van der Waals surface area contributed by atoms with Crippen LogP contribution in [-0.2, 0) is 49.0 Å². The Bertz CT molecular complexity index is 5110. The summed E-state index contributed by atoms with van der Waals surface area (Å²) in [5.41, 5.74) is 11.6. The molecule has 0 aromatic heterocycles. The van der Waals surface area contributed by atoms with Gasteiger partial charge in [0.05, 0.1) is 45.5 Å². The number of ketones is 1. The summed E-state index contributed by atoms with van der Waals surface area (Å²) in [5.74, 6) is 5.58. The maximum absolute atomic E-state index is 12.9. The van der Waals surface area contributed by atoms with Crippen molar-refractivity contribution in [1.82, 2.24) is 29.4 Å². The lowest BCUT2D eigenvalue weighted by atomic mass is 9.83. The molecule has 0 amide bonds.